The number of furan rings is 1. The molecule has 0 aliphatic rings. The second kappa shape index (κ2) is 9.87. The summed E-state index contributed by atoms with van der Waals surface area (Å²) in [5.41, 5.74) is 2.57. The monoisotopic (exact) mass is 480 g/mol. The summed E-state index contributed by atoms with van der Waals surface area (Å²) < 4.78 is 33.0. The van der Waals surface area contributed by atoms with E-state index in [2.05, 4.69) is 5.32 Å². The van der Waals surface area contributed by atoms with Crippen LogP contribution in [0.4, 0.5) is 5.69 Å². The van der Waals surface area contributed by atoms with Crippen molar-refractivity contribution in [3.8, 4) is 0 Å². The minimum absolute atomic E-state index is 0.0635. The Morgan fingerprint density at radius 3 is 2.52 bits per heavy atom. The summed E-state index contributed by atoms with van der Waals surface area (Å²) in [4.78, 5) is 12.8. The molecule has 9 heteroatoms. The van der Waals surface area contributed by atoms with Gasteiger partial charge in [-0.15, -0.1) is 0 Å². The zero-order valence-corrected chi connectivity index (χ0v) is 19.4. The van der Waals surface area contributed by atoms with E-state index in [1.165, 1.54) is 24.5 Å². The van der Waals surface area contributed by atoms with Gasteiger partial charge in [0, 0.05) is 5.69 Å². The number of anilines is 1. The Morgan fingerprint density at radius 2 is 1.87 bits per heavy atom. The summed E-state index contributed by atoms with van der Waals surface area (Å²) in [6, 6.07) is 13.1. The van der Waals surface area contributed by atoms with Crippen molar-refractivity contribution in [1.29, 1.82) is 0 Å². The van der Waals surface area contributed by atoms with Gasteiger partial charge in [-0.3, -0.25) is 4.79 Å². The highest BCUT2D eigenvalue weighted by atomic mass is 35.5. The molecule has 0 fully saturated rings. The zero-order chi connectivity index (χ0) is 22.6. The number of carbonyl (C=O) groups is 1. The number of para-hydroxylation sites is 1. The van der Waals surface area contributed by atoms with Crippen LogP contribution in [0.3, 0.4) is 0 Å². The summed E-state index contributed by atoms with van der Waals surface area (Å²) in [7, 11) is -4.06. The van der Waals surface area contributed by atoms with Crippen LogP contribution in [0.15, 0.2) is 64.1 Å². The van der Waals surface area contributed by atoms with Crippen LogP contribution in [0.1, 0.15) is 23.8 Å². The standard InChI is InChI=1S/C22H22Cl2N2O4S/c1-3-16-7-4-6-15(2)22(16)25-21(27)14-26(13-17-8-5-11-30-17)31(28,29)18-9-10-19(23)20(24)12-18/h4-12H,3,13-14H2,1-2H3,(H,25,27). The molecule has 0 saturated carbocycles. The molecule has 0 atom stereocenters. The lowest BCUT2D eigenvalue weighted by atomic mass is 10.1. The number of hydrogen-bond acceptors (Lipinski definition) is 4. The average molecular weight is 481 g/mol. The number of rotatable bonds is 8. The number of amides is 1. The van der Waals surface area contributed by atoms with E-state index in [4.69, 9.17) is 27.6 Å². The molecule has 0 saturated heterocycles. The van der Waals surface area contributed by atoms with Gasteiger partial charge in [0.15, 0.2) is 0 Å². The molecule has 0 bridgehead atoms. The first-order valence-electron chi connectivity index (χ1n) is 9.58. The van der Waals surface area contributed by atoms with E-state index in [1.807, 2.05) is 32.0 Å². The molecule has 3 rings (SSSR count). The molecule has 1 N–H and O–H groups in total. The smallest absolute Gasteiger partial charge is 0.244 e. The van der Waals surface area contributed by atoms with Crippen LogP contribution >= 0.6 is 23.2 Å². The van der Waals surface area contributed by atoms with Crippen molar-refractivity contribution in [2.24, 2.45) is 0 Å². The summed E-state index contributed by atoms with van der Waals surface area (Å²) in [6.07, 6.45) is 2.18. The third-order valence-corrected chi connectivity index (χ3v) is 7.29. The van der Waals surface area contributed by atoms with Crippen molar-refractivity contribution in [1.82, 2.24) is 4.31 Å². The first-order valence-corrected chi connectivity index (χ1v) is 11.8. The van der Waals surface area contributed by atoms with Gasteiger partial charge in [-0.25, -0.2) is 8.42 Å². The fourth-order valence-corrected chi connectivity index (χ4v) is 4.88. The van der Waals surface area contributed by atoms with Crippen molar-refractivity contribution in [2.75, 3.05) is 11.9 Å². The molecule has 1 heterocycles. The Labute approximate surface area is 191 Å². The quantitative estimate of drug-likeness (QED) is 0.475. The fraction of sp³-hybridized carbons (Fsp3) is 0.227. The number of nitrogens with zero attached hydrogens (tertiary/aromatic N) is 1. The molecule has 0 unspecified atom stereocenters. The summed E-state index contributed by atoms with van der Waals surface area (Å²) in [6.45, 7) is 3.36. The zero-order valence-electron chi connectivity index (χ0n) is 17.1. The highest BCUT2D eigenvalue weighted by Gasteiger charge is 2.28. The van der Waals surface area contributed by atoms with E-state index >= 15 is 0 Å². The van der Waals surface area contributed by atoms with E-state index in [9.17, 15) is 13.2 Å². The molecule has 2 aromatic carbocycles. The van der Waals surface area contributed by atoms with Gasteiger partial charge in [-0.05, 0) is 54.8 Å². The fourth-order valence-electron chi connectivity index (χ4n) is 3.13. The van der Waals surface area contributed by atoms with E-state index in [-0.39, 0.29) is 21.5 Å². The molecular formula is C22H22Cl2N2O4S. The molecule has 6 nitrogen and oxygen atoms in total. The lowest BCUT2D eigenvalue weighted by molar-refractivity contribution is -0.116. The second-order valence-electron chi connectivity index (χ2n) is 6.94. The van der Waals surface area contributed by atoms with Gasteiger partial charge < -0.3 is 9.73 Å². The van der Waals surface area contributed by atoms with Gasteiger partial charge >= 0.3 is 0 Å². The van der Waals surface area contributed by atoms with Crippen LogP contribution in [0.5, 0.6) is 0 Å². The van der Waals surface area contributed by atoms with E-state index in [1.54, 1.807) is 12.1 Å². The van der Waals surface area contributed by atoms with E-state index < -0.39 is 22.5 Å². The van der Waals surface area contributed by atoms with Gasteiger partial charge in [-0.1, -0.05) is 48.3 Å². The van der Waals surface area contributed by atoms with Gasteiger partial charge in [-0.2, -0.15) is 4.31 Å². The minimum Gasteiger partial charge on any atom is -0.468 e. The van der Waals surface area contributed by atoms with Crippen LogP contribution in [-0.4, -0.2) is 25.2 Å². The normalized spacial score (nSPS) is 11.6. The Morgan fingerprint density at radius 1 is 1.10 bits per heavy atom. The van der Waals surface area contributed by atoms with Crippen molar-refractivity contribution < 1.29 is 17.6 Å². The van der Waals surface area contributed by atoms with Gasteiger partial charge in [0.1, 0.15) is 5.76 Å². The molecule has 0 spiro atoms. The van der Waals surface area contributed by atoms with Crippen LogP contribution in [0.25, 0.3) is 0 Å². The number of nitrogens with one attached hydrogen (secondary N) is 1. The SMILES string of the molecule is CCc1cccc(C)c1NC(=O)CN(Cc1ccco1)S(=O)(=O)c1ccc(Cl)c(Cl)c1. The first-order chi connectivity index (χ1) is 14.7. The average Bonchev–Trinajstić information content (AvgIpc) is 3.24. The van der Waals surface area contributed by atoms with Crippen molar-refractivity contribution >= 4 is 44.8 Å². The highest BCUT2D eigenvalue weighted by molar-refractivity contribution is 7.89. The third-order valence-electron chi connectivity index (χ3n) is 4.77. The molecule has 31 heavy (non-hydrogen) atoms. The Hall–Kier alpha value is -2.32. The lowest BCUT2D eigenvalue weighted by Gasteiger charge is -2.22. The Balaban J connectivity index is 1.91. The maximum atomic E-state index is 13.3. The predicted octanol–water partition coefficient (Wildman–Crippen LogP) is 5.29. The third kappa shape index (κ3) is 5.49. The number of benzene rings is 2. The number of hydrogen-bond donors (Lipinski definition) is 1. The Kier molecular flexibility index (Phi) is 7.43. The van der Waals surface area contributed by atoms with Crippen LogP contribution in [0, 0.1) is 6.92 Å². The molecule has 0 aliphatic carbocycles. The number of carbonyl (C=O) groups excluding carboxylic acids is 1. The summed E-state index contributed by atoms with van der Waals surface area (Å²) >= 11 is 11.9. The van der Waals surface area contributed by atoms with Crippen molar-refractivity contribution in [3.63, 3.8) is 0 Å². The summed E-state index contributed by atoms with van der Waals surface area (Å²) in [5.74, 6) is -0.0548. The molecule has 0 aliphatic heterocycles. The Bertz CT molecular complexity index is 1180. The molecule has 1 aromatic heterocycles. The van der Waals surface area contributed by atoms with Crippen LogP contribution < -0.4 is 5.32 Å². The van der Waals surface area contributed by atoms with Crippen molar-refractivity contribution in [3.05, 3.63) is 81.7 Å². The minimum atomic E-state index is -4.06. The maximum absolute atomic E-state index is 13.3. The largest absolute Gasteiger partial charge is 0.468 e. The molecule has 0 radical (unpaired) electrons. The lowest BCUT2D eigenvalue weighted by Crippen LogP contribution is -2.37. The topological polar surface area (TPSA) is 79.6 Å². The maximum Gasteiger partial charge on any atom is 0.244 e. The molecule has 1 amide bonds. The molecule has 3 aromatic rings. The number of aryl methyl sites for hydroxylation is 2. The molecule has 164 valence electrons. The van der Waals surface area contributed by atoms with Gasteiger partial charge in [0.05, 0.1) is 34.3 Å². The molecular weight excluding hydrogens is 459 g/mol. The van der Waals surface area contributed by atoms with Crippen LogP contribution in [0.2, 0.25) is 10.0 Å². The van der Waals surface area contributed by atoms with E-state index in [0.717, 1.165) is 21.9 Å². The van der Waals surface area contributed by atoms with E-state index in [0.29, 0.717) is 11.4 Å². The van der Waals surface area contributed by atoms with Crippen LogP contribution in [-0.2, 0) is 27.8 Å². The first kappa shape index (κ1) is 23.3. The number of sulfonamides is 1. The number of halogens is 2. The predicted molar refractivity (Wildman–Crippen MR) is 122 cm³/mol. The summed E-state index contributed by atoms with van der Waals surface area (Å²) in [5, 5.41) is 3.21. The second-order valence-corrected chi connectivity index (χ2v) is 9.69. The van der Waals surface area contributed by atoms with Gasteiger partial charge in [0.25, 0.3) is 0 Å². The van der Waals surface area contributed by atoms with Crippen molar-refractivity contribution in [2.45, 2.75) is 31.7 Å². The van der Waals surface area contributed by atoms with Gasteiger partial charge in [0.2, 0.25) is 15.9 Å². The highest BCUT2D eigenvalue weighted by Crippen LogP contribution is 2.28.